The molecule has 1 fully saturated rings. The molecular formula is C12H11BrCl2O4S. The molecule has 0 N–H and O–H groups in total. The molecule has 0 spiro atoms. The molecule has 4 nitrogen and oxygen atoms in total. The number of hydrogen-bond donors (Lipinski definition) is 0. The van der Waals surface area contributed by atoms with Crippen LogP contribution < -0.4 is 0 Å². The molecule has 0 bridgehead atoms. The molecule has 1 aromatic rings. The molecule has 1 aliphatic carbocycles. The van der Waals surface area contributed by atoms with Gasteiger partial charge in [0.25, 0.3) is 9.05 Å². The Balaban J connectivity index is 2.32. The summed E-state index contributed by atoms with van der Waals surface area (Å²) in [5, 5.41) is 0.0881. The van der Waals surface area contributed by atoms with Crippen LogP contribution in [0.25, 0.3) is 0 Å². The first-order valence-corrected chi connectivity index (χ1v) is 9.42. The lowest BCUT2D eigenvalue weighted by Crippen LogP contribution is -2.15. The van der Waals surface area contributed by atoms with Gasteiger partial charge in [-0.25, -0.2) is 13.2 Å². The van der Waals surface area contributed by atoms with Crippen LogP contribution >= 0.6 is 38.2 Å². The van der Waals surface area contributed by atoms with Gasteiger partial charge in [0.2, 0.25) is 0 Å². The van der Waals surface area contributed by atoms with Gasteiger partial charge in [-0.1, -0.05) is 11.6 Å². The lowest BCUT2D eigenvalue weighted by atomic mass is 10.2. The molecule has 1 aromatic carbocycles. The van der Waals surface area contributed by atoms with Crippen LogP contribution in [-0.4, -0.2) is 20.5 Å². The topological polar surface area (TPSA) is 60.4 Å². The minimum atomic E-state index is -4.01. The van der Waals surface area contributed by atoms with Gasteiger partial charge in [0, 0.05) is 10.7 Å². The molecule has 0 atom stereocenters. The van der Waals surface area contributed by atoms with Crippen molar-refractivity contribution in [3.05, 3.63) is 27.2 Å². The summed E-state index contributed by atoms with van der Waals surface area (Å²) >= 11 is 8.95. The van der Waals surface area contributed by atoms with E-state index in [1.54, 1.807) is 0 Å². The number of esters is 1. The third kappa shape index (κ3) is 3.67. The van der Waals surface area contributed by atoms with Crippen molar-refractivity contribution in [1.29, 1.82) is 0 Å². The molecule has 0 aliphatic heterocycles. The van der Waals surface area contributed by atoms with Crippen LogP contribution in [0.1, 0.15) is 36.0 Å². The number of carbonyl (C=O) groups excluding carboxylic acids is 1. The van der Waals surface area contributed by atoms with E-state index in [0.29, 0.717) is 0 Å². The van der Waals surface area contributed by atoms with Gasteiger partial charge in [0.05, 0.1) is 20.0 Å². The van der Waals surface area contributed by atoms with Crippen LogP contribution in [0.15, 0.2) is 21.5 Å². The largest absolute Gasteiger partial charge is 0.459 e. The summed E-state index contributed by atoms with van der Waals surface area (Å²) in [5.41, 5.74) is 0.0734. The summed E-state index contributed by atoms with van der Waals surface area (Å²) in [6.07, 6.45) is 3.61. The molecule has 0 saturated heterocycles. The highest BCUT2D eigenvalue weighted by Crippen LogP contribution is 2.33. The van der Waals surface area contributed by atoms with E-state index in [0.717, 1.165) is 31.7 Å². The third-order valence-electron chi connectivity index (χ3n) is 3.07. The zero-order valence-electron chi connectivity index (χ0n) is 10.2. The van der Waals surface area contributed by atoms with Crippen molar-refractivity contribution >= 4 is 53.2 Å². The van der Waals surface area contributed by atoms with Gasteiger partial charge in [0.15, 0.2) is 0 Å². The summed E-state index contributed by atoms with van der Waals surface area (Å²) in [7, 11) is 1.31. The number of rotatable bonds is 3. The Labute approximate surface area is 134 Å². The summed E-state index contributed by atoms with van der Waals surface area (Å²) in [5.74, 6) is -0.590. The highest BCUT2D eigenvalue weighted by atomic mass is 79.9. The van der Waals surface area contributed by atoms with Crippen molar-refractivity contribution in [3.63, 3.8) is 0 Å². The van der Waals surface area contributed by atoms with E-state index in [1.807, 2.05) is 0 Å². The number of halogens is 3. The number of benzene rings is 1. The van der Waals surface area contributed by atoms with Crippen LogP contribution in [0.4, 0.5) is 0 Å². The maximum absolute atomic E-state index is 12.0. The molecule has 2 rings (SSSR count). The molecular weight excluding hydrogens is 391 g/mol. The average Bonchev–Trinajstić information content (AvgIpc) is 2.83. The zero-order valence-corrected chi connectivity index (χ0v) is 14.1. The molecule has 1 aliphatic rings. The number of ether oxygens (including phenoxy) is 1. The Bertz CT molecular complexity index is 639. The zero-order chi connectivity index (χ0) is 14.9. The fraction of sp³-hybridized carbons (Fsp3) is 0.417. The minimum Gasteiger partial charge on any atom is -0.459 e. The van der Waals surface area contributed by atoms with Crippen LogP contribution in [0.2, 0.25) is 5.02 Å². The van der Waals surface area contributed by atoms with E-state index in [4.69, 9.17) is 27.0 Å². The van der Waals surface area contributed by atoms with E-state index in [2.05, 4.69) is 15.9 Å². The quantitative estimate of drug-likeness (QED) is 0.564. The minimum absolute atomic E-state index is 0.0734. The Morgan fingerprint density at radius 3 is 2.45 bits per heavy atom. The molecule has 0 unspecified atom stereocenters. The summed E-state index contributed by atoms with van der Waals surface area (Å²) in [6, 6.07) is 2.52. The van der Waals surface area contributed by atoms with Crippen molar-refractivity contribution in [2.24, 2.45) is 0 Å². The second-order valence-electron chi connectivity index (χ2n) is 4.52. The van der Waals surface area contributed by atoms with E-state index in [-0.39, 0.29) is 26.1 Å². The molecule has 110 valence electrons. The van der Waals surface area contributed by atoms with Gasteiger partial charge in [-0.3, -0.25) is 0 Å². The first-order chi connectivity index (χ1) is 9.29. The van der Waals surface area contributed by atoms with Gasteiger partial charge in [-0.05, 0) is 53.7 Å². The van der Waals surface area contributed by atoms with Crippen molar-refractivity contribution in [2.75, 3.05) is 0 Å². The van der Waals surface area contributed by atoms with Crippen LogP contribution in [0.3, 0.4) is 0 Å². The van der Waals surface area contributed by atoms with Crippen LogP contribution in [-0.2, 0) is 13.8 Å². The Kier molecular flexibility index (Phi) is 5.00. The standard InChI is InChI=1S/C12H11BrCl2O4S/c13-11-9(14)5-7(6-10(11)20(15,17)18)12(16)19-8-3-1-2-4-8/h5-6,8H,1-4H2. The van der Waals surface area contributed by atoms with Gasteiger partial charge in [-0.2, -0.15) is 0 Å². The molecule has 0 radical (unpaired) electrons. The first kappa shape index (κ1) is 16.1. The lowest BCUT2D eigenvalue weighted by molar-refractivity contribution is 0.0317. The van der Waals surface area contributed by atoms with E-state index in [1.165, 1.54) is 6.07 Å². The van der Waals surface area contributed by atoms with E-state index >= 15 is 0 Å². The monoisotopic (exact) mass is 400 g/mol. The molecule has 1 saturated carbocycles. The predicted molar refractivity (Wildman–Crippen MR) is 79.9 cm³/mol. The van der Waals surface area contributed by atoms with Gasteiger partial charge in [-0.15, -0.1) is 0 Å². The highest BCUT2D eigenvalue weighted by molar-refractivity contribution is 9.10. The second kappa shape index (κ2) is 6.22. The highest BCUT2D eigenvalue weighted by Gasteiger charge is 2.24. The maximum atomic E-state index is 12.0. The average molecular weight is 402 g/mol. The van der Waals surface area contributed by atoms with Crippen molar-refractivity contribution in [3.8, 4) is 0 Å². The maximum Gasteiger partial charge on any atom is 0.338 e. The summed E-state index contributed by atoms with van der Waals surface area (Å²) < 4.78 is 28.3. The fourth-order valence-electron chi connectivity index (χ4n) is 2.08. The summed E-state index contributed by atoms with van der Waals surface area (Å²) in [6.45, 7) is 0. The molecule has 0 aromatic heterocycles. The summed E-state index contributed by atoms with van der Waals surface area (Å²) in [4.78, 5) is 11.8. The van der Waals surface area contributed by atoms with Crippen molar-refractivity contribution < 1.29 is 17.9 Å². The molecule has 20 heavy (non-hydrogen) atoms. The van der Waals surface area contributed by atoms with Crippen molar-refractivity contribution in [1.82, 2.24) is 0 Å². The lowest BCUT2D eigenvalue weighted by Gasteiger charge is -2.12. The van der Waals surface area contributed by atoms with E-state index < -0.39 is 15.0 Å². The number of hydrogen-bond acceptors (Lipinski definition) is 4. The SMILES string of the molecule is O=C(OC1CCCC1)c1cc(Cl)c(Br)c(S(=O)(=O)Cl)c1. The second-order valence-corrected chi connectivity index (χ2v) is 8.25. The number of carbonyl (C=O) groups is 1. The predicted octanol–water partition coefficient (Wildman–Crippen LogP) is 4.13. The Morgan fingerprint density at radius 1 is 1.30 bits per heavy atom. The van der Waals surface area contributed by atoms with E-state index in [9.17, 15) is 13.2 Å². The normalized spacial score (nSPS) is 16.4. The first-order valence-electron chi connectivity index (χ1n) is 5.93. The van der Waals surface area contributed by atoms with Crippen LogP contribution in [0.5, 0.6) is 0 Å². The molecule has 8 heteroatoms. The van der Waals surface area contributed by atoms with Crippen molar-refractivity contribution in [2.45, 2.75) is 36.7 Å². The van der Waals surface area contributed by atoms with Gasteiger partial charge < -0.3 is 4.74 Å². The Hall–Kier alpha value is -0.300. The van der Waals surface area contributed by atoms with Crippen LogP contribution in [0, 0.1) is 0 Å². The Morgan fingerprint density at radius 2 is 1.90 bits per heavy atom. The van der Waals surface area contributed by atoms with Gasteiger partial charge in [0.1, 0.15) is 6.10 Å². The molecule has 0 heterocycles. The smallest absolute Gasteiger partial charge is 0.338 e. The van der Waals surface area contributed by atoms with Gasteiger partial charge >= 0.3 is 5.97 Å². The third-order valence-corrected chi connectivity index (χ3v) is 6.06. The fourth-order valence-corrected chi connectivity index (χ4v) is 4.46. The molecule has 0 amide bonds.